The summed E-state index contributed by atoms with van der Waals surface area (Å²) in [6.07, 6.45) is 1.56. The Labute approximate surface area is 154 Å². The summed E-state index contributed by atoms with van der Waals surface area (Å²) in [5, 5.41) is 5.34. The Bertz CT molecular complexity index is 643. The van der Waals surface area contributed by atoms with Crippen molar-refractivity contribution < 1.29 is 22.8 Å². The highest BCUT2D eigenvalue weighted by molar-refractivity contribution is 7.91. The molecule has 2 fully saturated rings. The Kier molecular flexibility index (Phi) is 7.13. The first-order valence-corrected chi connectivity index (χ1v) is 10.7. The average Bonchev–Trinajstić information content (AvgIpc) is 2.95. The first kappa shape index (κ1) is 20.8. The molecular formula is C16H28N4O5S. The lowest BCUT2D eigenvalue weighted by Crippen LogP contribution is -2.52. The number of likely N-dealkylation sites (N-methyl/N-ethyl adjacent to an activating group) is 1. The Balaban J connectivity index is 2.01. The Hall–Kier alpha value is -1.52. The largest absolute Gasteiger partial charge is 0.329 e. The fourth-order valence-electron chi connectivity index (χ4n) is 3.26. The van der Waals surface area contributed by atoms with E-state index in [0.717, 1.165) is 0 Å². The summed E-state index contributed by atoms with van der Waals surface area (Å²) in [4.78, 5) is 40.2. The molecule has 2 aliphatic rings. The van der Waals surface area contributed by atoms with Gasteiger partial charge in [-0.15, -0.1) is 0 Å². The molecule has 0 bridgehead atoms. The van der Waals surface area contributed by atoms with Gasteiger partial charge in [-0.2, -0.15) is 0 Å². The van der Waals surface area contributed by atoms with Crippen molar-refractivity contribution in [1.82, 2.24) is 20.4 Å². The van der Waals surface area contributed by atoms with Crippen LogP contribution in [0.2, 0.25) is 0 Å². The molecule has 0 aromatic heterocycles. The van der Waals surface area contributed by atoms with Crippen molar-refractivity contribution in [2.45, 2.75) is 25.3 Å². The molecule has 2 heterocycles. The molecule has 1 atom stereocenters. The number of carbonyl (C=O) groups excluding carboxylic acids is 3. The van der Waals surface area contributed by atoms with E-state index in [1.807, 2.05) is 19.0 Å². The number of nitrogens with one attached hydrogen (secondary N) is 2. The van der Waals surface area contributed by atoms with Gasteiger partial charge in [0.2, 0.25) is 5.91 Å². The van der Waals surface area contributed by atoms with Gasteiger partial charge in [-0.1, -0.05) is 0 Å². The molecule has 0 aliphatic carbocycles. The molecular weight excluding hydrogens is 360 g/mol. The lowest BCUT2D eigenvalue weighted by molar-refractivity contribution is -0.149. The summed E-state index contributed by atoms with van der Waals surface area (Å²) < 4.78 is 23.5. The van der Waals surface area contributed by atoms with Crippen molar-refractivity contribution in [2.24, 2.45) is 5.92 Å². The second-order valence-corrected chi connectivity index (χ2v) is 9.43. The molecule has 0 spiro atoms. The number of hydrogen-bond donors (Lipinski definition) is 2. The molecule has 10 heteroatoms. The molecule has 148 valence electrons. The average molecular weight is 388 g/mol. The first-order chi connectivity index (χ1) is 12.2. The highest BCUT2D eigenvalue weighted by Crippen LogP contribution is 2.18. The standard InChI is InChI=1S/C16H28N4O5S/c1-19(2)8-9-20(13-5-10-26(24,25)11-13)16(23)15(22)18-14(21)12-3-6-17-7-4-12/h12-13,17H,3-11H2,1-2H3,(H,18,21,22). The minimum absolute atomic E-state index is 0.0129. The van der Waals surface area contributed by atoms with E-state index in [9.17, 15) is 22.8 Å². The van der Waals surface area contributed by atoms with Crippen molar-refractivity contribution in [3.05, 3.63) is 0 Å². The zero-order chi connectivity index (χ0) is 19.3. The summed E-state index contributed by atoms with van der Waals surface area (Å²) in [5.41, 5.74) is 0. The summed E-state index contributed by atoms with van der Waals surface area (Å²) in [6.45, 7) is 2.14. The number of carbonyl (C=O) groups is 3. The van der Waals surface area contributed by atoms with E-state index in [0.29, 0.717) is 38.9 Å². The van der Waals surface area contributed by atoms with Crippen LogP contribution < -0.4 is 10.6 Å². The number of nitrogens with zero attached hydrogens (tertiary/aromatic N) is 2. The van der Waals surface area contributed by atoms with Crippen molar-refractivity contribution in [3.8, 4) is 0 Å². The van der Waals surface area contributed by atoms with Gasteiger partial charge >= 0.3 is 11.8 Å². The molecule has 3 amide bonds. The maximum atomic E-state index is 12.6. The molecule has 9 nitrogen and oxygen atoms in total. The molecule has 0 radical (unpaired) electrons. The van der Waals surface area contributed by atoms with Crippen LogP contribution in [0.25, 0.3) is 0 Å². The number of rotatable bonds is 5. The molecule has 0 aromatic carbocycles. The smallest absolute Gasteiger partial charge is 0.316 e. The summed E-state index contributed by atoms with van der Waals surface area (Å²) >= 11 is 0. The van der Waals surface area contributed by atoms with Gasteiger partial charge in [-0.3, -0.25) is 19.7 Å². The van der Waals surface area contributed by atoms with Crippen LogP contribution in [0.3, 0.4) is 0 Å². The third-order valence-electron chi connectivity index (χ3n) is 4.84. The van der Waals surface area contributed by atoms with Crippen LogP contribution in [0.15, 0.2) is 0 Å². The van der Waals surface area contributed by atoms with Crippen LogP contribution >= 0.6 is 0 Å². The van der Waals surface area contributed by atoms with Gasteiger partial charge in [0, 0.05) is 25.0 Å². The summed E-state index contributed by atoms with van der Waals surface area (Å²) in [7, 11) is 0.465. The van der Waals surface area contributed by atoms with Crippen LogP contribution in [-0.2, 0) is 24.2 Å². The Morgan fingerprint density at radius 1 is 1.08 bits per heavy atom. The van der Waals surface area contributed by atoms with Gasteiger partial charge in [0.1, 0.15) is 0 Å². The third-order valence-corrected chi connectivity index (χ3v) is 6.59. The van der Waals surface area contributed by atoms with Gasteiger partial charge in [0.05, 0.1) is 11.5 Å². The fraction of sp³-hybridized carbons (Fsp3) is 0.812. The second-order valence-electron chi connectivity index (χ2n) is 7.20. The molecule has 2 N–H and O–H groups in total. The van der Waals surface area contributed by atoms with Crippen molar-refractivity contribution in [3.63, 3.8) is 0 Å². The summed E-state index contributed by atoms with van der Waals surface area (Å²) in [5.74, 6) is -2.65. The predicted molar refractivity (Wildman–Crippen MR) is 96.1 cm³/mol. The van der Waals surface area contributed by atoms with Crippen molar-refractivity contribution in [1.29, 1.82) is 0 Å². The molecule has 2 rings (SSSR count). The monoisotopic (exact) mass is 388 g/mol. The fourth-order valence-corrected chi connectivity index (χ4v) is 4.99. The minimum Gasteiger partial charge on any atom is -0.329 e. The summed E-state index contributed by atoms with van der Waals surface area (Å²) in [6, 6.07) is -0.521. The van der Waals surface area contributed by atoms with E-state index < -0.39 is 33.6 Å². The maximum Gasteiger partial charge on any atom is 0.316 e. The van der Waals surface area contributed by atoms with Crippen molar-refractivity contribution >= 4 is 27.6 Å². The van der Waals surface area contributed by atoms with Gasteiger partial charge in [-0.25, -0.2) is 8.42 Å². The van der Waals surface area contributed by atoms with E-state index in [1.165, 1.54) is 4.90 Å². The predicted octanol–water partition coefficient (Wildman–Crippen LogP) is -1.79. The zero-order valence-electron chi connectivity index (χ0n) is 15.4. The van der Waals surface area contributed by atoms with E-state index in [2.05, 4.69) is 10.6 Å². The lowest BCUT2D eigenvalue weighted by atomic mass is 9.97. The van der Waals surface area contributed by atoms with E-state index in [-0.39, 0.29) is 24.0 Å². The Morgan fingerprint density at radius 2 is 1.73 bits per heavy atom. The van der Waals surface area contributed by atoms with Gasteiger partial charge in [0.15, 0.2) is 9.84 Å². The minimum atomic E-state index is -3.19. The number of imide groups is 1. The number of sulfone groups is 1. The second kappa shape index (κ2) is 8.92. The molecule has 2 saturated heterocycles. The first-order valence-electron chi connectivity index (χ1n) is 8.91. The third kappa shape index (κ3) is 5.75. The van der Waals surface area contributed by atoms with Crippen LogP contribution in [-0.4, -0.2) is 93.8 Å². The molecule has 0 aromatic rings. The molecule has 0 saturated carbocycles. The molecule has 2 aliphatic heterocycles. The zero-order valence-corrected chi connectivity index (χ0v) is 16.2. The van der Waals surface area contributed by atoms with Crippen LogP contribution in [0, 0.1) is 5.92 Å². The van der Waals surface area contributed by atoms with Crippen molar-refractivity contribution in [2.75, 3.05) is 51.8 Å². The number of amides is 3. The number of piperidine rings is 1. The maximum absolute atomic E-state index is 12.6. The van der Waals surface area contributed by atoms with Gasteiger partial charge in [0.25, 0.3) is 0 Å². The quantitative estimate of drug-likeness (QED) is 0.534. The van der Waals surface area contributed by atoms with E-state index in [4.69, 9.17) is 0 Å². The van der Waals surface area contributed by atoms with Crippen LogP contribution in [0.4, 0.5) is 0 Å². The van der Waals surface area contributed by atoms with Gasteiger partial charge < -0.3 is 15.1 Å². The number of hydrogen-bond acceptors (Lipinski definition) is 7. The van der Waals surface area contributed by atoms with Crippen LogP contribution in [0.1, 0.15) is 19.3 Å². The van der Waals surface area contributed by atoms with Gasteiger partial charge in [-0.05, 0) is 46.4 Å². The SMILES string of the molecule is CN(C)CCN(C(=O)C(=O)NC(=O)C1CCNCC1)C1CCS(=O)(=O)C1. The molecule has 1 unspecified atom stereocenters. The topological polar surface area (TPSA) is 116 Å². The lowest BCUT2D eigenvalue weighted by Gasteiger charge is -2.29. The highest BCUT2D eigenvalue weighted by Gasteiger charge is 2.37. The van der Waals surface area contributed by atoms with E-state index in [1.54, 1.807) is 0 Å². The van der Waals surface area contributed by atoms with Crippen LogP contribution in [0.5, 0.6) is 0 Å². The normalized spacial score (nSPS) is 23.0. The Morgan fingerprint density at radius 3 is 2.27 bits per heavy atom. The molecule has 26 heavy (non-hydrogen) atoms. The highest BCUT2D eigenvalue weighted by atomic mass is 32.2. The van der Waals surface area contributed by atoms with E-state index >= 15 is 0 Å².